The third-order valence-corrected chi connectivity index (χ3v) is 5.67. The Bertz CT molecular complexity index is 401. The Labute approximate surface area is 96.0 Å². The Morgan fingerprint density at radius 2 is 1.81 bits per heavy atom. The van der Waals surface area contributed by atoms with Crippen molar-refractivity contribution < 1.29 is 26.7 Å². The van der Waals surface area contributed by atoms with Gasteiger partial charge in [0, 0.05) is 27.0 Å². The molecule has 1 unspecified atom stereocenters. The lowest BCUT2D eigenvalue weighted by Crippen LogP contribution is -2.38. The summed E-state index contributed by atoms with van der Waals surface area (Å²) in [6.45, 7) is -0.218. The fraction of sp³-hybridized carbons (Fsp3) is 1.00. The van der Waals surface area contributed by atoms with E-state index in [1.165, 1.54) is 14.2 Å². The molecule has 0 aliphatic carbocycles. The van der Waals surface area contributed by atoms with E-state index in [0.29, 0.717) is 0 Å². The number of hydrogen-bond donors (Lipinski definition) is 1. The zero-order valence-corrected chi connectivity index (χ0v) is 11.1. The Balaban J connectivity index is 4.54. The molecule has 0 aliphatic rings. The number of sulfone groups is 1. The highest BCUT2D eigenvalue weighted by molar-refractivity contribution is 8.06. The second-order valence-corrected chi connectivity index (χ2v) is 8.13. The van der Waals surface area contributed by atoms with E-state index in [1.54, 1.807) is 0 Å². The quantitative estimate of drug-likeness (QED) is 0.592. The average Bonchev–Trinajstić information content (AvgIpc) is 1.99. The van der Waals surface area contributed by atoms with Crippen LogP contribution in [0.1, 0.15) is 0 Å². The molecule has 98 valence electrons. The summed E-state index contributed by atoms with van der Waals surface area (Å²) in [6, 6.07) is 0. The second-order valence-electron chi connectivity index (χ2n) is 3.55. The molecule has 0 heterocycles. The summed E-state index contributed by atoms with van der Waals surface area (Å²) in [6.07, 6.45) is -0.145. The minimum absolute atomic E-state index is 0.0151. The molecule has 0 aromatic carbocycles. The molecule has 0 aromatic rings. The van der Waals surface area contributed by atoms with Crippen molar-refractivity contribution in [3.8, 4) is 0 Å². The lowest BCUT2D eigenvalue weighted by Gasteiger charge is -2.19. The van der Waals surface area contributed by atoms with Gasteiger partial charge in [0.15, 0.2) is 14.9 Å². The highest BCUT2D eigenvalue weighted by Gasteiger charge is 2.25. The number of aliphatic hydroxyl groups excluding tert-OH is 1. The van der Waals surface area contributed by atoms with Gasteiger partial charge in [0.1, 0.15) is 0 Å². The molecule has 9 heteroatoms. The summed E-state index contributed by atoms with van der Waals surface area (Å²) >= 11 is 0. The van der Waals surface area contributed by atoms with E-state index in [4.69, 9.17) is 0 Å². The molecule has 0 fully saturated rings. The first kappa shape index (κ1) is 15.8. The highest BCUT2D eigenvalue weighted by Crippen LogP contribution is 2.03. The minimum atomic E-state index is -3.90. The summed E-state index contributed by atoms with van der Waals surface area (Å²) in [5.41, 5.74) is 0. The van der Waals surface area contributed by atoms with E-state index in [0.717, 1.165) is 10.6 Å². The number of rotatable bonds is 7. The van der Waals surface area contributed by atoms with Crippen LogP contribution >= 0.6 is 0 Å². The van der Waals surface area contributed by atoms with Crippen LogP contribution in [0.25, 0.3) is 0 Å². The molecule has 0 radical (unpaired) electrons. The minimum Gasteiger partial charge on any atom is -0.389 e. The van der Waals surface area contributed by atoms with Gasteiger partial charge in [0.25, 0.3) is 0 Å². The van der Waals surface area contributed by atoms with E-state index in [1.807, 2.05) is 0 Å². The van der Waals surface area contributed by atoms with E-state index in [-0.39, 0.29) is 13.2 Å². The van der Waals surface area contributed by atoms with Crippen LogP contribution in [0.5, 0.6) is 0 Å². The molecule has 0 aromatic heterocycles. The highest BCUT2D eigenvalue weighted by atomic mass is 32.3. The van der Waals surface area contributed by atoms with Gasteiger partial charge in [-0.25, -0.2) is 21.1 Å². The maximum atomic E-state index is 11.5. The van der Waals surface area contributed by atoms with Gasteiger partial charge in [0.2, 0.25) is 10.0 Å². The molecule has 0 bridgehead atoms. The number of sulfonamides is 1. The molecule has 0 saturated carbocycles. The predicted octanol–water partition coefficient (Wildman–Crippen LogP) is -1.74. The number of methoxy groups -OCH3 is 1. The van der Waals surface area contributed by atoms with Gasteiger partial charge < -0.3 is 9.84 Å². The first-order chi connectivity index (χ1) is 7.08. The standard InChI is InChI=1S/C7H17NO6S2/c1-8(4-7(9)5-14-2)16(12,13)6-15(3,10)11/h7,9H,4-6H2,1-3H3. The molecular formula is C7H17NO6S2. The largest absolute Gasteiger partial charge is 0.389 e. The molecular weight excluding hydrogens is 258 g/mol. The molecule has 0 saturated heterocycles. The van der Waals surface area contributed by atoms with Crippen LogP contribution in [-0.4, -0.2) is 71.0 Å². The summed E-state index contributed by atoms with van der Waals surface area (Å²) in [5.74, 6) is 0. The summed E-state index contributed by atoms with van der Waals surface area (Å²) in [7, 11) is -4.94. The number of ether oxygens (including phenoxy) is 1. The zero-order chi connectivity index (χ0) is 13.0. The molecule has 0 rings (SSSR count). The van der Waals surface area contributed by atoms with Crippen molar-refractivity contribution in [2.75, 3.05) is 38.6 Å². The summed E-state index contributed by atoms with van der Waals surface area (Å²) < 4.78 is 50.1. The maximum Gasteiger partial charge on any atom is 0.228 e. The van der Waals surface area contributed by atoms with Gasteiger partial charge in [-0.1, -0.05) is 0 Å². The van der Waals surface area contributed by atoms with Crippen molar-refractivity contribution in [3.63, 3.8) is 0 Å². The monoisotopic (exact) mass is 275 g/mol. The average molecular weight is 275 g/mol. The summed E-state index contributed by atoms with van der Waals surface area (Å²) in [4.78, 5) is 0. The Kier molecular flexibility index (Phi) is 5.84. The van der Waals surface area contributed by atoms with Crippen LogP contribution in [0.4, 0.5) is 0 Å². The van der Waals surface area contributed by atoms with Crippen LogP contribution in [0.2, 0.25) is 0 Å². The van der Waals surface area contributed by atoms with Crippen molar-refractivity contribution in [2.24, 2.45) is 0 Å². The van der Waals surface area contributed by atoms with Crippen LogP contribution < -0.4 is 0 Å². The van der Waals surface area contributed by atoms with Gasteiger partial charge in [-0.15, -0.1) is 0 Å². The van der Waals surface area contributed by atoms with Gasteiger partial charge in [0.05, 0.1) is 12.7 Å². The number of aliphatic hydroxyl groups is 1. The van der Waals surface area contributed by atoms with E-state index >= 15 is 0 Å². The maximum absolute atomic E-state index is 11.5. The van der Waals surface area contributed by atoms with E-state index in [9.17, 15) is 21.9 Å². The van der Waals surface area contributed by atoms with Crippen molar-refractivity contribution in [2.45, 2.75) is 6.10 Å². The first-order valence-electron chi connectivity index (χ1n) is 4.37. The molecule has 16 heavy (non-hydrogen) atoms. The molecule has 0 amide bonds. The molecule has 0 aliphatic heterocycles. The van der Waals surface area contributed by atoms with E-state index < -0.39 is 31.0 Å². The molecule has 0 spiro atoms. The first-order valence-corrected chi connectivity index (χ1v) is 8.04. The van der Waals surface area contributed by atoms with Crippen LogP contribution in [0.15, 0.2) is 0 Å². The van der Waals surface area contributed by atoms with E-state index in [2.05, 4.69) is 4.74 Å². The number of nitrogens with zero attached hydrogens (tertiary/aromatic N) is 1. The van der Waals surface area contributed by atoms with Gasteiger partial charge in [-0.05, 0) is 0 Å². The summed E-state index contributed by atoms with van der Waals surface area (Å²) in [5, 5.41) is 8.34. The third-order valence-electron chi connectivity index (χ3n) is 1.66. The zero-order valence-electron chi connectivity index (χ0n) is 9.45. The number of likely N-dealkylation sites (N-methyl/N-ethyl adjacent to an activating group) is 1. The second kappa shape index (κ2) is 5.92. The Morgan fingerprint density at radius 1 is 1.31 bits per heavy atom. The van der Waals surface area contributed by atoms with Gasteiger partial charge in [-0.2, -0.15) is 0 Å². The van der Waals surface area contributed by atoms with Crippen molar-refractivity contribution in [3.05, 3.63) is 0 Å². The van der Waals surface area contributed by atoms with Crippen molar-refractivity contribution >= 4 is 19.9 Å². The molecule has 7 nitrogen and oxygen atoms in total. The number of hydrogen-bond acceptors (Lipinski definition) is 6. The Hall–Kier alpha value is -0.220. The Morgan fingerprint density at radius 3 is 2.19 bits per heavy atom. The smallest absolute Gasteiger partial charge is 0.228 e. The fourth-order valence-electron chi connectivity index (χ4n) is 1.02. The fourth-order valence-corrected chi connectivity index (χ4v) is 4.30. The SMILES string of the molecule is COCC(O)CN(C)S(=O)(=O)CS(C)(=O)=O. The van der Waals surface area contributed by atoms with Gasteiger partial charge >= 0.3 is 0 Å². The van der Waals surface area contributed by atoms with Crippen molar-refractivity contribution in [1.82, 2.24) is 4.31 Å². The van der Waals surface area contributed by atoms with Crippen molar-refractivity contribution in [1.29, 1.82) is 0 Å². The van der Waals surface area contributed by atoms with Crippen LogP contribution in [0, 0.1) is 0 Å². The lowest BCUT2D eigenvalue weighted by atomic mass is 10.4. The topological polar surface area (TPSA) is 101 Å². The normalized spacial score (nSPS) is 15.3. The molecule has 1 N–H and O–H groups in total. The lowest BCUT2D eigenvalue weighted by molar-refractivity contribution is 0.0555. The van der Waals surface area contributed by atoms with Crippen LogP contribution in [0.3, 0.4) is 0 Å². The third kappa shape index (κ3) is 6.38. The predicted molar refractivity (Wildman–Crippen MR) is 59.1 cm³/mol. The molecule has 1 atom stereocenters. The van der Waals surface area contributed by atoms with Crippen LogP contribution in [-0.2, 0) is 24.6 Å². The van der Waals surface area contributed by atoms with Gasteiger partial charge in [-0.3, -0.25) is 0 Å².